The molecule has 0 amide bonds. The van der Waals surface area contributed by atoms with E-state index in [0.29, 0.717) is 0 Å². The maximum Gasteiger partial charge on any atom is 0.0919 e. The molecule has 1 aliphatic rings. The van der Waals surface area contributed by atoms with E-state index in [1.807, 2.05) is 13.0 Å². The fourth-order valence-electron chi connectivity index (χ4n) is 1.34. The molecule has 60 valence electrons. The molecule has 0 saturated heterocycles. The summed E-state index contributed by atoms with van der Waals surface area (Å²) in [6.45, 7) is 2.74. The van der Waals surface area contributed by atoms with Crippen LogP contribution >= 0.6 is 0 Å². The van der Waals surface area contributed by atoms with Gasteiger partial charge in [0.1, 0.15) is 0 Å². The molecule has 0 aromatic carbocycles. The Kier molecular flexibility index (Phi) is 1.71. The number of hydrogen-bond acceptors (Lipinski definition) is 1. The fraction of sp³-hybridized carbons (Fsp3) is 0.300. The van der Waals surface area contributed by atoms with Gasteiger partial charge in [0.15, 0.2) is 0 Å². The van der Waals surface area contributed by atoms with Crippen molar-refractivity contribution in [2.45, 2.75) is 13.3 Å². The zero-order valence-electron chi connectivity index (χ0n) is 7.02. The third-order valence-electron chi connectivity index (χ3n) is 1.85. The van der Waals surface area contributed by atoms with Crippen LogP contribution in [0.25, 0.3) is 6.08 Å². The Morgan fingerprint density at radius 3 is 3.25 bits per heavy atom. The van der Waals surface area contributed by atoms with Crippen LogP contribution in [-0.2, 0) is 0 Å². The van der Waals surface area contributed by atoms with Gasteiger partial charge in [-0.15, -0.1) is 0 Å². The molecule has 0 radical (unpaired) electrons. The van der Waals surface area contributed by atoms with Crippen LogP contribution in [0.4, 0.5) is 0 Å². The first-order valence-corrected chi connectivity index (χ1v) is 4.06. The summed E-state index contributed by atoms with van der Waals surface area (Å²) >= 11 is 0. The summed E-state index contributed by atoms with van der Waals surface area (Å²) in [5.41, 5.74) is 0.962. The summed E-state index contributed by atoms with van der Waals surface area (Å²) in [6, 6.07) is 2.00. The summed E-state index contributed by atoms with van der Waals surface area (Å²) in [6.07, 6.45) is 3.20. The molecule has 12 heavy (non-hydrogen) atoms. The minimum Gasteiger partial charge on any atom is -0.347 e. The van der Waals surface area contributed by atoms with Crippen molar-refractivity contribution in [2.75, 3.05) is 6.54 Å². The zero-order chi connectivity index (χ0) is 8.39. The molecule has 2 rings (SSSR count). The average Bonchev–Trinajstić information content (AvgIpc) is 2.47. The molecular formula is C10H10N2. The second-order valence-electron chi connectivity index (χ2n) is 2.73. The Labute approximate surface area is 71.0 Å². The van der Waals surface area contributed by atoms with Crippen LogP contribution in [0.2, 0.25) is 0 Å². The number of aromatic amines is 1. The third-order valence-corrected chi connectivity index (χ3v) is 1.85. The van der Waals surface area contributed by atoms with Gasteiger partial charge in [0.05, 0.1) is 16.4 Å². The van der Waals surface area contributed by atoms with Gasteiger partial charge < -0.3 is 4.98 Å². The van der Waals surface area contributed by atoms with E-state index >= 15 is 0 Å². The van der Waals surface area contributed by atoms with Crippen LogP contribution in [0.5, 0.6) is 0 Å². The van der Waals surface area contributed by atoms with Crippen LogP contribution in [0.1, 0.15) is 19.0 Å². The monoisotopic (exact) mass is 158 g/mol. The first-order valence-electron chi connectivity index (χ1n) is 4.06. The molecule has 0 saturated carbocycles. The third kappa shape index (κ3) is 1.14. The quantitative estimate of drug-likeness (QED) is 0.522. The highest BCUT2D eigenvalue weighted by Gasteiger charge is 1.97. The number of nitrogens with zero attached hydrogens (tertiary/aromatic N) is 1. The Morgan fingerprint density at radius 2 is 2.50 bits per heavy atom. The van der Waals surface area contributed by atoms with Crippen molar-refractivity contribution in [3.8, 4) is 11.8 Å². The lowest BCUT2D eigenvalue weighted by Crippen LogP contribution is -2.25. The average molecular weight is 158 g/mol. The summed E-state index contributed by atoms with van der Waals surface area (Å²) in [5.74, 6) is 5.84. The van der Waals surface area contributed by atoms with E-state index in [2.05, 4.69) is 27.9 Å². The van der Waals surface area contributed by atoms with Crippen molar-refractivity contribution in [1.29, 1.82) is 0 Å². The fourth-order valence-corrected chi connectivity index (χ4v) is 1.34. The molecule has 0 atom stereocenters. The molecule has 0 aliphatic carbocycles. The summed E-state index contributed by atoms with van der Waals surface area (Å²) < 4.78 is 0. The lowest BCUT2D eigenvalue weighted by Gasteiger charge is -1.91. The molecule has 1 N–H and O–H groups in total. The van der Waals surface area contributed by atoms with E-state index in [0.717, 1.165) is 29.4 Å². The van der Waals surface area contributed by atoms with Gasteiger partial charge >= 0.3 is 0 Å². The molecule has 2 heterocycles. The molecule has 2 heteroatoms. The maximum atomic E-state index is 4.37. The number of H-pyrrole nitrogens is 1. The molecule has 1 aromatic heterocycles. The highest BCUT2D eigenvalue weighted by Crippen LogP contribution is 1.88. The lowest BCUT2D eigenvalue weighted by molar-refractivity contribution is 0.955. The van der Waals surface area contributed by atoms with Gasteiger partial charge in [-0.3, -0.25) is 4.99 Å². The molecular weight excluding hydrogens is 148 g/mol. The second kappa shape index (κ2) is 2.86. The largest absolute Gasteiger partial charge is 0.347 e. The Morgan fingerprint density at radius 1 is 1.58 bits per heavy atom. The molecule has 2 nitrogen and oxygen atoms in total. The van der Waals surface area contributed by atoms with Gasteiger partial charge in [0.2, 0.25) is 0 Å². The smallest absolute Gasteiger partial charge is 0.0919 e. The highest BCUT2D eigenvalue weighted by molar-refractivity contribution is 5.31. The van der Waals surface area contributed by atoms with Crippen molar-refractivity contribution in [2.24, 2.45) is 4.99 Å². The van der Waals surface area contributed by atoms with Crippen molar-refractivity contribution < 1.29 is 0 Å². The molecule has 1 aliphatic heterocycles. The van der Waals surface area contributed by atoms with Crippen LogP contribution in [0, 0.1) is 11.8 Å². The number of hydrogen-bond donors (Lipinski definition) is 1. The zero-order valence-corrected chi connectivity index (χ0v) is 7.02. The predicted molar refractivity (Wildman–Crippen MR) is 48.1 cm³/mol. The van der Waals surface area contributed by atoms with E-state index in [1.54, 1.807) is 0 Å². The molecule has 0 unspecified atom stereocenters. The lowest BCUT2D eigenvalue weighted by atomic mass is 10.3. The Bertz CT molecular complexity index is 421. The molecule has 0 spiro atoms. The molecule has 1 aromatic rings. The van der Waals surface area contributed by atoms with Crippen molar-refractivity contribution in [3.05, 3.63) is 22.5 Å². The number of fused-ring (bicyclic) bond motifs is 1. The topological polar surface area (TPSA) is 28.1 Å². The van der Waals surface area contributed by atoms with Gasteiger partial charge in [-0.25, -0.2) is 0 Å². The standard InChI is InChI=1S/C10H10N2/c1-2-4-8-7-10-9(12-8)5-3-6-11-10/h5,7,12H,3,6H2,1H3. The first-order chi connectivity index (χ1) is 5.90. The summed E-state index contributed by atoms with van der Waals surface area (Å²) in [5, 5.41) is 2.18. The maximum absolute atomic E-state index is 4.37. The van der Waals surface area contributed by atoms with Gasteiger partial charge in [0, 0.05) is 6.54 Å². The number of rotatable bonds is 0. The van der Waals surface area contributed by atoms with E-state index in [1.165, 1.54) is 0 Å². The van der Waals surface area contributed by atoms with E-state index in [4.69, 9.17) is 0 Å². The van der Waals surface area contributed by atoms with Crippen molar-refractivity contribution in [1.82, 2.24) is 4.98 Å². The van der Waals surface area contributed by atoms with Crippen LogP contribution in [0.15, 0.2) is 11.1 Å². The van der Waals surface area contributed by atoms with Crippen LogP contribution in [-0.4, -0.2) is 11.5 Å². The Hall–Kier alpha value is -1.49. The van der Waals surface area contributed by atoms with E-state index in [9.17, 15) is 0 Å². The van der Waals surface area contributed by atoms with Crippen molar-refractivity contribution in [3.63, 3.8) is 0 Å². The summed E-state index contributed by atoms with van der Waals surface area (Å²) in [7, 11) is 0. The van der Waals surface area contributed by atoms with Gasteiger partial charge in [-0.05, 0) is 25.3 Å². The Balaban J connectivity index is 2.65. The molecule has 0 fully saturated rings. The minimum atomic E-state index is 0.907. The highest BCUT2D eigenvalue weighted by atomic mass is 14.8. The number of nitrogens with one attached hydrogen (secondary N) is 1. The SMILES string of the molecule is CC#Cc1cc2c([nH]1)=CCCN=2. The van der Waals surface area contributed by atoms with Crippen LogP contribution < -0.4 is 10.7 Å². The molecule has 0 bridgehead atoms. The van der Waals surface area contributed by atoms with Gasteiger partial charge in [-0.2, -0.15) is 0 Å². The summed E-state index contributed by atoms with van der Waals surface area (Å²) in [4.78, 5) is 7.58. The minimum absolute atomic E-state index is 0.907. The van der Waals surface area contributed by atoms with Crippen LogP contribution in [0.3, 0.4) is 0 Å². The van der Waals surface area contributed by atoms with E-state index < -0.39 is 0 Å². The number of aromatic nitrogens is 1. The van der Waals surface area contributed by atoms with E-state index in [-0.39, 0.29) is 0 Å². The predicted octanol–water partition coefficient (Wildman–Crippen LogP) is 0.190. The van der Waals surface area contributed by atoms with Gasteiger partial charge in [-0.1, -0.05) is 12.0 Å². The van der Waals surface area contributed by atoms with Gasteiger partial charge in [0.25, 0.3) is 0 Å². The second-order valence-corrected chi connectivity index (χ2v) is 2.73. The first kappa shape index (κ1) is 7.17. The van der Waals surface area contributed by atoms with Crippen molar-refractivity contribution >= 4 is 6.08 Å². The normalized spacial score (nSPS) is 13.4.